The van der Waals surface area contributed by atoms with Crippen molar-refractivity contribution in [2.75, 3.05) is 5.32 Å². The molecule has 4 nitrogen and oxygen atoms in total. The highest BCUT2D eigenvalue weighted by atomic mass is 32.2. The largest absolute Gasteiger partial charge is 0.381 e. The first kappa shape index (κ1) is 14.4. The lowest BCUT2D eigenvalue weighted by Crippen LogP contribution is -2.12. The zero-order chi connectivity index (χ0) is 14.8. The maximum absolute atomic E-state index is 13.4. The molecule has 106 valence electrons. The van der Waals surface area contributed by atoms with E-state index in [4.69, 9.17) is 5.14 Å². The van der Waals surface area contributed by atoms with Crippen molar-refractivity contribution in [3.63, 3.8) is 0 Å². The number of anilines is 1. The smallest absolute Gasteiger partial charge is 0.238 e. The molecule has 0 radical (unpaired) electrons. The van der Waals surface area contributed by atoms with Gasteiger partial charge < -0.3 is 5.32 Å². The Morgan fingerprint density at radius 1 is 1.05 bits per heavy atom. The van der Waals surface area contributed by atoms with Crippen molar-refractivity contribution < 1.29 is 17.2 Å². The van der Waals surface area contributed by atoms with Gasteiger partial charge in [0.25, 0.3) is 0 Å². The summed E-state index contributed by atoms with van der Waals surface area (Å²) in [6.07, 6.45) is 0. The molecule has 0 aliphatic carbocycles. The minimum absolute atomic E-state index is 0.00369. The first-order chi connectivity index (χ1) is 9.36. The van der Waals surface area contributed by atoms with Crippen LogP contribution in [0.4, 0.5) is 14.5 Å². The van der Waals surface area contributed by atoms with Crippen molar-refractivity contribution in [3.05, 3.63) is 59.7 Å². The van der Waals surface area contributed by atoms with Gasteiger partial charge in [0, 0.05) is 23.9 Å². The summed E-state index contributed by atoms with van der Waals surface area (Å²) in [5.41, 5.74) is 0.906. The minimum atomic E-state index is -3.73. The van der Waals surface area contributed by atoms with Crippen LogP contribution in [0.2, 0.25) is 0 Å². The second-order valence-electron chi connectivity index (χ2n) is 4.16. The first-order valence-electron chi connectivity index (χ1n) is 5.67. The van der Waals surface area contributed by atoms with Gasteiger partial charge in [0.05, 0.1) is 4.90 Å². The van der Waals surface area contributed by atoms with Crippen molar-refractivity contribution in [2.24, 2.45) is 5.14 Å². The van der Waals surface area contributed by atoms with Crippen LogP contribution in [0.3, 0.4) is 0 Å². The number of hydrogen-bond acceptors (Lipinski definition) is 3. The molecule has 0 fully saturated rings. The van der Waals surface area contributed by atoms with Crippen molar-refractivity contribution in [1.29, 1.82) is 0 Å². The quantitative estimate of drug-likeness (QED) is 0.909. The number of hydrogen-bond donors (Lipinski definition) is 2. The fourth-order valence-electron chi connectivity index (χ4n) is 1.62. The van der Waals surface area contributed by atoms with Gasteiger partial charge in [-0.1, -0.05) is 6.07 Å². The van der Waals surface area contributed by atoms with E-state index in [0.29, 0.717) is 11.3 Å². The van der Waals surface area contributed by atoms with E-state index in [1.807, 2.05) is 0 Å². The molecule has 0 saturated carbocycles. The molecule has 0 unspecified atom stereocenters. The van der Waals surface area contributed by atoms with Gasteiger partial charge in [-0.2, -0.15) is 0 Å². The Hall–Kier alpha value is -1.99. The Bertz CT molecular complexity index is 716. The molecule has 7 heteroatoms. The average molecular weight is 298 g/mol. The normalized spacial score (nSPS) is 11.3. The van der Waals surface area contributed by atoms with Crippen LogP contribution in [-0.2, 0) is 16.6 Å². The number of nitrogens with two attached hydrogens (primary N) is 1. The lowest BCUT2D eigenvalue weighted by Gasteiger charge is -2.08. The molecule has 0 aliphatic heterocycles. The summed E-state index contributed by atoms with van der Waals surface area (Å²) in [6, 6.07) is 9.04. The summed E-state index contributed by atoms with van der Waals surface area (Å²) in [6.45, 7) is 0.154. The summed E-state index contributed by atoms with van der Waals surface area (Å²) >= 11 is 0. The maximum Gasteiger partial charge on any atom is 0.238 e. The van der Waals surface area contributed by atoms with Crippen molar-refractivity contribution in [3.8, 4) is 0 Å². The van der Waals surface area contributed by atoms with E-state index in [0.717, 1.165) is 6.07 Å². The van der Waals surface area contributed by atoms with Crippen LogP contribution in [0.5, 0.6) is 0 Å². The van der Waals surface area contributed by atoms with Crippen LogP contribution in [0.1, 0.15) is 5.56 Å². The van der Waals surface area contributed by atoms with E-state index in [9.17, 15) is 17.2 Å². The SMILES string of the molecule is NS(=O)(=O)c1ccc(NCc2ccc(F)cc2F)cc1. The lowest BCUT2D eigenvalue weighted by molar-refractivity contribution is 0.574. The molecule has 0 spiro atoms. The molecule has 0 aromatic heterocycles. The third-order valence-electron chi connectivity index (χ3n) is 2.68. The van der Waals surface area contributed by atoms with Crippen LogP contribution in [0.25, 0.3) is 0 Å². The van der Waals surface area contributed by atoms with Crippen LogP contribution in [0.15, 0.2) is 47.4 Å². The molecule has 0 atom stereocenters. The molecule has 0 saturated heterocycles. The van der Waals surface area contributed by atoms with Gasteiger partial charge in [0.15, 0.2) is 0 Å². The molecule has 20 heavy (non-hydrogen) atoms. The molecule has 0 amide bonds. The molecule has 0 aliphatic rings. The Balaban J connectivity index is 2.08. The fourth-order valence-corrected chi connectivity index (χ4v) is 2.14. The van der Waals surface area contributed by atoms with Crippen LogP contribution >= 0.6 is 0 Å². The lowest BCUT2D eigenvalue weighted by atomic mass is 10.2. The Morgan fingerprint density at radius 2 is 1.70 bits per heavy atom. The zero-order valence-electron chi connectivity index (χ0n) is 10.3. The molecule has 2 rings (SSSR count). The topological polar surface area (TPSA) is 72.2 Å². The van der Waals surface area contributed by atoms with Crippen LogP contribution in [-0.4, -0.2) is 8.42 Å². The number of halogens is 2. The fraction of sp³-hybridized carbons (Fsp3) is 0.0769. The van der Waals surface area contributed by atoms with Crippen molar-refractivity contribution in [1.82, 2.24) is 0 Å². The summed E-state index contributed by atoms with van der Waals surface area (Å²) < 4.78 is 48.3. The molecule has 3 N–H and O–H groups in total. The highest BCUT2D eigenvalue weighted by Gasteiger charge is 2.07. The van der Waals surface area contributed by atoms with Crippen LogP contribution in [0, 0.1) is 11.6 Å². The van der Waals surface area contributed by atoms with Gasteiger partial charge in [-0.05, 0) is 30.3 Å². The number of nitrogens with one attached hydrogen (secondary N) is 1. The standard InChI is InChI=1S/C13H12F2N2O2S/c14-10-2-1-9(13(15)7-10)8-17-11-3-5-12(6-4-11)20(16,18)19/h1-7,17H,8H2,(H2,16,18,19). The van der Waals surface area contributed by atoms with Crippen LogP contribution < -0.4 is 10.5 Å². The summed E-state index contributed by atoms with van der Waals surface area (Å²) in [7, 11) is -3.73. The summed E-state index contributed by atoms with van der Waals surface area (Å²) in [5, 5.41) is 7.87. The zero-order valence-corrected chi connectivity index (χ0v) is 11.1. The second-order valence-corrected chi connectivity index (χ2v) is 5.72. The van der Waals surface area contributed by atoms with Crippen molar-refractivity contribution in [2.45, 2.75) is 11.4 Å². The van der Waals surface area contributed by atoms with E-state index in [2.05, 4.69) is 5.32 Å². The van der Waals surface area contributed by atoms with Gasteiger partial charge in [-0.3, -0.25) is 0 Å². The minimum Gasteiger partial charge on any atom is -0.381 e. The molecular formula is C13H12F2N2O2S. The van der Waals surface area contributed by atoms with Gasteiger partial charge >= 0.3 is 0 Å². The monoisotopic (exact) mass is 298 g/mol. The Morgan fingerprint density at radius 3 is 2.25 bits per heavy atom. The van der Waals surface area contributed by atoms with E-state index < -0.39 is 21.7 Å². The maximum atomic E-state index is 13.4. The molecular weight excluding hydrogens is 286 g/mol. The molecule has 2 aromatic rings. The predicted molar refractivity (Wildman–Crippen MR) is 71.5 cm³/mol. The highest BCUT2D eigenvalue weighted by Crippen LogP contribution is 2.15. The Labute approximate surface area is 115 Å². The van der Waals surface area contributed by atoms with E-state index in [-0.39, 0.29) is 11.4 Å². The first-order valence-corrected chi connectivity index (χ1v) is 7.21. The average Bonchev–Trinajstić information content (AvgIpc) is 2.37. The van der Waals surface area contributed by atoms with E-state index >= 15 is 0 Å². The molecule has 0 bridgehead atoms. The highest BCUT2D eigenvalue weighted by molar-refractivity contribution is 7.89. The number of primary sulfonamides is 1. The number of rotatable bonds is 4. The van der Waals surface area contributed by atoms with Gasteiger partial charge in [0.1, 0.15) is 11.6 Å². The summed E-state index contributed by atoms with van der Waals surface area (Å²) in [5.74, 6) is -1.28. The molecule has 2 aromatic carbocycles. The third-order valence-corrected chi connectivity index (χ3v) is 3.61. The number of benzene rings is 2. The Kier molecular flexibility index (Phi) is 4.01. The summed E-state index contributed by atoms with van der Waals surface area (Å²) in [4.78, 5) is -0.00369. The van der Waals surface area contributed by atoms with Crippen molar-refractivity contribution >= 4 is 15.7 Å². The second kappa shape index (κ2) is 5.56. The molecule has 0 heterocycles. The van der Waals surface area contributed by atoms with E-state index in [1.54, 1.807) is 0 Å². The third kappa shape index (κ3) is 3.52. The van der Waals surface area contributed by atoms with Gasteiger partial charge in [-0.15, -0.1) is 0 Å². The number of sulfonamides is 1. The van der Waals surface area contributed by atoms with E-state index in [1.165, 1.54) is 36.4 Å². The predicted octanol–water partition coefficient (Wildman–Crippen LogP) is 2.22. The van der Waals surface area contributed by atoms with Gasteiger partial charge in [0.2, 0.25) is 10.0 Å². The van der Waals surface area contributed by atoms with Gasteiger partial charge in [-0.25, -0.2) is 22.3 Å².